The molecular weight excluding hydrogens is 474 g/mol. The van der Waals surface area contributed by atoms with E-state index in [1.54, 1.807) is 12.1 Å². The van der Waals surface area contributed by atoms with E-state index >= 15 is 0 Å². The second-order valence-corrected chi connectivity index (χ2v) is 10.0. The van der Waals surface area contributed by atoms with Gasteiger partial charge in [-0.05, 0) is 98.0 Å². The lowest BCUT2D eigenvalue weighted by Crippen LogP contribution is -2.01. The van der Waals surface area contributed by atoms with Gasteiger partial charge in [-0.25, -0.2) is 0 Å². The average molecular weight is 508 g/mol. The molecule has 194 valence electrons. The molecular formula is C33H33NO4. The zero-order chi connectivity index (χ0) is 26.3. The van der Waals surface area contributed by atoms with Crippen LogP contribution in [0.4, 0.5) is 0 Å². The van der Waals surface area contributed by atoms with Crippen molar-refractivity contribution in [3.8, 4) is 5.75 Å². The second kappa shape index (κ2) is 12.0. The number of benzene rings is 2. The number of carbonyl (C=O) groups excluding carboxylic acids is 1. The normalized spacial score (nSPS) is 13.3. The van der Waals surface area contributed by atoms with Crippen molar-refractivity contribution in [1.29, 1.82) is 0 Å². The summed E-state index contributed by atoms with van der Waals surface area (Å²) in [7, 11) is 0. The van der Waals surface area contributed by atoms with Gasteiger partial charge in [0.05, 0.1) is 12.1 Å². The van der Waals surface area contributed by atoms with Crippen molar-refractivity contribution in [3.63, 3.8) is 0 Å². The molecule has 5 nitrogen and oxygen atoms in total. The first-order valence-corrected chi connectivity index (χ1v) is 13.4. The van der Waals surface area contributed by atoms with Gasteiger partial charge in [0.1, 0.15) is 5.75 Å². The van der Waals surface area contributed by atoms with Gasteiger partial charge in [-0.1, -0.05) is 42.5 Å². The van der Waals surface area contributed by atoms with E-state index in [9.17, 15) is 9.59 Å². The van der Waals surface area contributed by atoms with E-state index < -0.39 is 5.97 Å². The number of ether oxygens (including phenoxy) is 1. The average Bonchev–Trinajstić information content (AvgIpc) is 3.68. The predicted molar refractivity (Wildman–Crippen MR) is 150 cm³/mol. The van der Waals surface area contributed by atoms with Crippen LogP contribution in [-0.4, -0.2) is 27.9 Å². The zero-order valence-corrected chi connectivity index (χ0v) is 21.5. The van der Waals surface area contributed by atoms with Crippen molar-refractivity contribution in [2.45, 2.75) is 44.9 Å². The molecule has 1 saturated carbocycles. The molecule has 0 unspecified atom stereocenters. The molecule has 0 atom stereocenters. The van der Waals surface area contributed by atoms with Gasteiger partial charge < -0.3 is 14.2 Å². The summed E-state index contributed by atoms with van der Waals surface area (Å²) in [5.41, 5.74) is 5.61. The van der Waals surface area contributed by atoms with Crippen molar-refractivity contribution in [1.82, 2.24) is 4.40 Å². The Hall–Kier alpha value is -4.12. The summed E-state index contributed by atoms with van der Waals surface area (Å²) in [5, 5.41) is 8.95. The minimum atomic E-state index is -0.811. The molecule has 2 aromatic heterocycles. The molecule has 38 heavy (non-hydrogen) atoms. The van der Waals surface area contributed by atoms with E-state index in [4.69, 9.17) is 9.84 Å². The van der Waals surface area contributed by atoms with Crippen molar-refractivity contribution < 1.29 is 19.4 Å². The number of carboxylic acid groups (broad SMARTS) is 1. The van der Waals surface area contributed by atoms with Crippen molar-refractivity contribution in [2.24, 2.45) is 5.92 Å². The van der Waals surface area contributed by atoms with Crippen LogP contribution in [0.15, 0.2) is 85.1 Å². The molecule has 1 N–H and O–H groups in total. The summed E-state index contributed by atoms with van der Waals surface area (Å²) in [6, 6.07) is 23.7. The van der Waals surface area contributed by atoms with Crippen LogP contribution in [0.2, 0.25) is 0 Å². The quantitative estimate of drug-likeness (QED) is 0.156. The SMILES string of the molecule is O=C(O)CCCc1cc(C(=O)c2ccc(OCCC=Cc3ccc(CC4CC4)cc3)cc2)c2ccccn12. The van der Waals surface area contributed by atoms with Crippen LogP contribution >= 0.6 is 0 Å². The summed E-state index contributed by atoms with van der Waals surface area (Å²) in [5.74, 6) is 0.768. The van der Waals surface area contributed by atoms with Crippen molar-refractivity contribution >= 4 is 23.3 Å². The summed E-state index contributed by atoms with van der Waals surface area (Å²) in [4.78, 5) is 24.2. The van der Waals surface area contributed by atoms with Crippen LogP contribution in [0, 0.1) is 5.92 Å². The molecule has 0 aliphatic heterocycles. The Kier molecular flexibility index (Phi) is 8.03. The first kappa shape index (κ1) is 25.5. The Balaban J connectivity index is 1.15. The van der Waals surface area contributed by atoms with E-state index in [0.717, 1.165) is 29.3 Å². The molecule has 2 aromatic carbocycles. The van der Waals surface area contributed by atoms with Gasteiger partial charge in [-0.3, -0.25) is 9.59 Å². The lowest BCUT2D eigenvalue weighted by Gasteiger charge is -2.06. The Morgan fingerprint density at radius 2 is 1.79 bits per heavy atom. The number of pyridine rings is 1. The van der Waals surface area contributed by atoms with E-state index in [1.807, 2.05) is 47.0 Å². The molecule has 1 aliphatic carbocycles. The molecule has 5 rings (SSSR count). The van der Waals surface area contributed by atoms with E-state index in [-0.39, 0.29) is 12.2 Å². The first-order valence-electron chi connectivity index (χ1n) is 13.4. The Morgan fingerprint density at radius 3 is 2.53 bits per heavy atom. The predicted octanol–water partition coefficient (Wildman–Crippen LogP) is 7.01. The van der Waals surface area contributed by atoms with Gasteiger partial charge in [0.2, 0.25) is 0 Å². The van der Waals surface area contributed by atoms with E-state index in [0.29, 0.717) is 30.6 Å². The monoisotopic (exact) mass is 507 g/mol. The van der Waals surface area contributed by atoms with E-state index in [2.05, 4.69) is 36.4 Å². The molecule has 4 aromatic rings. The molecule has 5 heteroatoms. The van der Waals surface area contributed by atoms with Crippen LogP contribution in [-0.2, 0) is 17.6 Å². The molecule has 1 aliphatic rings. The minimum Gasteiger partial charge on any atom is -0.493 e. The standard InChI is InChI=1S/C33H33NO4/c35-32(36)9-5-7-28-23-30(31-8-1-3-20-34(28)31)33(37)27-16-18-29(19-17-27)38-21-4-2-6-24-10-12-25(13-11-24)22-26-14-15-26/h1-3,6,8,10-13,16-20,23,26H,4-5,7,9,14-15,21-22H2,(H,35,36). The highest BCUT2D eigenvalue weighted by molar-refractivity contribution is 6.13. The van der Waals surface area contributed by atoms with Gasteiger partial charge in [-0.2, -0.15) is 0 Å². The highest BCUT2D eigenvalue weighted by Gasteiger charge is 2.21. The number of aliphatic carboxylic acids is 1. The van der Waals surface area contributed by atoms with Crippen LogP contribution in [0.5, 0.6) is 5.75 Å². The first-order chi connectivity index (χ1) is 18.6. The summed E-state index contributed by atoms with van der Waals surface area (Å²) in [6.45, 7) is 0.563. The van der Waals surface area contributed by atoms with Gasteiger partial charge in [0.15, 0.2) is 5.78 Å². The number of carboxylic acids is 1. The van der Waals surface area contributed by atoms with Crippen LogP contribution in [0.3, 0.4) is 0 Å². The molecule has 1 fully saturated rings. The number of hydrogen-bond donors (Lipinski definition) is 1. The van der Waals surface area contributed by atoms with Crippen molar-refractivity contribution in [2.75, 3.05) is 6.61 Å². The van der Waals surface area contributed by atoms with Gasteiger partial charge >= 0.3 is 5.97 Å². The smallest absolute Gasteiger partial charge is 0.303 e. The van der Waals surface area contributed by atoms with Crippen molar-refractivity contribution in [3.05, 3.63) is 113 Å². The summed E-state index contributed by atoms with van der Waals surface area (Å²) in [6.07, 6.45) is 12.2. The Morgan fingerprint density at radius 1 is 1.00 bits per heavy atom. The zero-order valence-electron chi connectivity index (χ0n) is 21.5. The topological polar surface area (TPSA) is 68.0 Å². The Bertz CT molecular complexity index is 1430. The number of nitrogens with zero attached hydrogens (tertiary/aromatic N) is 1. The molecule has 2 heterocycles. The number of hydrogen-bond acceptors (Lipinski definition) is 3. The maximum Gasteiger partial charge on any atom is 0.303 e. The fourth-order valence-corrected chi connectivity index (χ4v) is 4.76. The third-order valence-corrected chi connectivity index (χ3v) is 7.01. The fourth-order valence-electron chi connectivity index (χ4n) is 4.76. The van der Waals surface area contributed by atoms with Gasteiger partial charge in [-0.15, -0.1) is 0 Å². The number of fused-ring (bicyclic) bond motifs is 1. The van der Waals surface area contributed by atoms with Crippen LogP contribution < -0.4 is 4.74 Å². The van der Waals surface area contributed by atoms with Gasteiger partial charge in [0.25, 0.3) is 0 Å². The lowest BCUT2D eigenvalue weighted by molar-refractivity contribution is -0.137. The lowest BCUT2D eigenvalue weighted by atomic mass is 10.0. The molecule has 0 bridgehead atoms. The third-order valence-electron chi connectivity index (χ3n) is 7.01. The molecule has 0 radical (unpaired) electrons. The highest BCUT2D eigenvalue weighted by atomic mass is 16.5. The summed E-state index contributed by atoms with van der Waals surface area (Å²) < 4.78 is 7.85. The van der Waals surface area contributed by atoms with Crippen LogP contribution in [0.25, 0.3) is 11.6 Å². The number of ketones is 1. The second-order valence-electron chi connectivity index (χ2n) is 10.0. The summed E-state index contributed by atoms with van der Waals surface area (Å²) >= 11 is 0. The maximum absolute atomic E-state index is 13.3. The van der Waals surface area contributed by atoms with Crippen LogP contribution in [0.1, 0.15) is 64.8 Å². The highest BCUT2D eigenvalue weighted by Crippen LogP contribution is 2.32. The Labute approximate surface area is 223 Å². The third kappa shape index (κ3) is 6.60. The van der Waals surface area contributed by atoms with E-state index in [1.165, 1.54) is 30.4 Å². The fraction of sp³-hybridized carbons (Fsp3) is 0.273. The number of rotatable bonds is 13. The number of aryl methyl sites for hydroxylation is 1. The maximum atomic E-state index is 13.3. The molecule has 0 amide bonds. The van der Waals surface area contributed by atoms with Gasteiger partial charge in [0, 0.05) is 29.4 Å². The minimum absolute atomic E-state index is 0.0594. The molecule has 0 spiro atoms. The largest absolute Gasteiger partial charge is 0.493 e. The number of aromatic nitrogens is 1. The molecule has 0 saturated heterocycles. The number of carbonyl (C=O) groups is 2.